The largest absolute Gasteiger partial charge is 0.396 e. The lowest BCUT2D eigenvalue weighted by Gasteiger charge is -2.43. The summed E-state index contributed by atoms with van der Waals surface area (Å²) in [5.74, 6) is 0. The molecule has 1 aromatic rings. The number of nitrogens with zero attached hydrogens (tertiary/aromatic N) is 2. The van der Waals surface area contributed by atoms with E-state index in [2.05, 4.69) is 5.10 Å². The van der Waals surface area contributed by atoms with Crippen LogP contribution in [0, 0.1) is 0 Å². The Morgan fingerprint density at radius 3 is 2.88 bits per heavy atom. The van der Waals surface area contributed by atoms with Crippen LogP contribution in [0.4, 0.5) is 5.69 Å². The number of aromatic nitrogens is 2. The van der Waals surface area contributed by atoms with Gasteiger partial charge >= 0.3 is 0 Å². The minimum absolute atomic E-state index is 0.0158. The highest BCUT2D eigenvalue weighted by Crippen LogP contribution is 2.38. The number of nitrogens with two attached hydrogens (primary N) is 1. The van der Waals surface area contributed by atoms with Crippen molar-refractivity contribution in [3.8, 4) is 0 Å². The molecule has 3 rings (SSSR count). The van der Waals surface area contributed by atoms with Gasteiger partial charge in [0.1, 0.15) is 0 Å². The lowest BCUT2D eigenvalue weighted by atomic mass is 9.84. The number of hydrogen-bond donors (Lipinski definition) is 1. The fourth-order valence-electron chi connectivity index (χ4n) is 2.87. The molecular weight excluding hydrogens is 218 g/mol. The molecule has 0 aromatic carbocycles. The summed E-state index contributed by atoms with van der Waals surface area (Å²) in [6.45, 7) is 2.44. The Morgan fingerprint density at radius 2 is 2.18 bits per heavy atom. The summed E-state index contributed by atoms with van der Waals surface area (Å²) in [5.41, 5.74) is 6.47. The second-order valence-electron chi connectivity index (χ2n) is 5.04. The van der Waals surface area contributed by atoms with Gasteiger partial charge in [-0.05, 0) is 25.7 Å². The van der Waals surface area contributed by atoms with Gasteiger partial charge in [0.25, 0.3) is 0 Å². The van der Waals surface area contributed by atoms with Crippen molar-refractivity contribution in [3.63, 3.8) is 0 Å². The lowest BCUT2D eigenvalue weighted by molar-refractivity contribution is -0.145. The van der Waals surface area contributed by atoms with Crippen molar-refractivity contribution in [2.45, 2.75) is 37.3 Å². The van der Waals surface area contributed by atoms with E-state index < -0.39 is 0 Å². The SMILES string of the molecule is Nc1cnn(C2CCOC3(CCOCC3)C2)c1. The zero-order valence-electron chi connectivity index (χ0n) is 9.97. The Balaban J connectivity index is 1.74. The van der Waals surface area contributed by atoms with E-state index in [1.807, 2.05) is 10.9 Å². The molecule has 2 aliphatic heterocycles. The fraction of sp³-hybridized carbons (Fsp3) is 0.750. The first kappa shape index (κ1) is 11.0. The third-order valence-corrected chi connectivity index (χ3v) is 3.87. The minimum atomic E-state index is 0.0158. The van der Waals surface area contributed by atoms with Crippen LogP contribution in [0.15, 0.2) is 12.4 Å². The summed E-state index contributed by atoms with van der Waals surface area (Å²) in [6, 6.07) is 0.416. The molecule has 0 radical (unpaired) electrons. The van der Waals surface area contributed by atoms with Crippen LogP contribution in [0.2, 0.25) is 0 Å². The van der Waals surface area contributed by atoms with Gasteiger partial charge in [0.05, 0.1) is 23.5 Å². The maximum atomic E-state index is 6.01. The topological polar surface area (TPSA) is 62.3 Å². The van der Waals surface area contributed by atoms with E-state index in [9.17, 15) is 0 Å². The number of nitrogen functional groups attached to an aromatic ring is 1. The predicted molar refractivity (Wildman–Crippen MR) is 63.6 cm³/mol. The van der Waals surface area contributed by atoms with Crippen LogP contribution < -0.4 is 5.73 Å². The Bertz CT molecular complexity index is 379. The monoisotopic (exact) mass is 237 g/mol. The van der Waals surface area contributed by atoms with E-state index in [1.165, 1.54) is 0 Å². The van der Waals surface area contributed by atoms with Crippen molar-refractivity contribution in [1.82, 2.24) is 9.78 Å². The molecule has 0 saturated carbocycles. The minimum Gasteiger partial charge on any atom is -0.396 e. The summed E-state index contributed by atoms with van der Waals surface area (Å²) in [6.07, 6.45) is 7.68. The van der Waals surface area contributed by atoms with Crippen molar-refractivity contribution in [1.29, 1.82) is 0 Å². The molecule has 0 bridgehead atoms. The Kier molecular flexibility index (Phi) is 2.80. The maximum absolute atomic E-state index is 6.01. The quantitative estimate of drug-likeness (QED) is 0.801. The van der Waals surface area contributed by atoms with Crippen LogP contribution in [-0.2, 0) is 9.47 Å². The van der Waals surface area contributed by atoms with Gasteiger partial charge in [0, 0.05) is 26.0 Å². The molecule has 3 heterocycles. The number of ether oxygens (including phenoxy) is 2. The van der Waals surface area contributed by atoms with Crippen molar-refractivity contribution in [2.24, 2.45) is 0 Å². The molecule has 5 nitrogen and oxygen atoms in total. The molecule has 0 aliphatic carbocycles. The third kappa shape index (κ3) is 2.17. The van der Waals surface area contributed by atoms with Gasteiger partial charge in [-0.25, -0.2) is 0 Å². The van der Waals surface area contributed by atoms with Crippen LogP contribution in [0.25, 0.3) is 0 Å². The van der Waals surface area contributed by atoms with Crippen molar-refractivity contribution in [2.75, 3.05) is 25.6 Å². The predicted octanol–water partition coefficient (Wildman–Crippen LogP) is 1.37. The first-order valence-corrected chi connectivity index (χ1v) is 6.29. The van der Waals surface area contributed by atoms with Crippen LogP contribution in [0.5, 0.6) is 0 Å². The molecule has 2 N–H and O–H groups in total. The van der Waals surface area contributed by atoms with Gasteiger partial charge in [0.2, 0.25) is 0 Å². The molecule has 1 unspecified atom stereocenters. The summed E-state index contributed by atoms with van der Waals surface area (Å²) < 4.78 is 13.4. The van der Waals surface area contributed by atoms with Crippen LogP contribution in [-0.4, -0.2) is 35.2 Å². The number of hydrogen-bond acceptors (Lipinski definition) is 4. The van der Waals surface area contributed by atoms with E-state index in [-0.39, 0.29) is 5.60 Å². The van der Waals surface area contributed by atoms with Gasteiger partial charge < -0.3 is 15.2 Å². The highest BCUT2D eigenvalue weighted by Gasteiger charge is 2.39. The lowest BCUT2D eigenvalue weighted by Crippen LogP contribution is -2.44. The second kappa shape index (κ2) is 4.31. The summed E-state index contributed by atoms with van der Waals surface area (Å²) in [7, 11) is 0. The van der Waals surface area contributed by atoms with E-state index in [1.54, 1.807) is 6.20 Å². The van der Waals surface area contributed by atoms with Crippen molar-refractivity contribution >= 4 is 5.69 Å². The first-order chi connectivity index (χ1) is 8.27. The fourth-order valence-corrected chi connectivity index (χ4v) is 2.87. The number of anilines is 1. The number of rotatable bonds is 1. The van der Waals surface area contributed by atoms with E-state index in [0.717, 1.165) is 51.2 Å². The molecule has 5 heteroatoms. The van der Waals surface area contributed by atoms with Crippen LogP contribution in [0.3, 0.4) is 0 Å². The summed E-state index contributed by atoms with van der Waals surface area (Å²) in [4.78, 5) is 0. The molecule has 94 valence electrons. The Morgan fingerprint density at radius 1 is 1.35 bits per heavy atom. The van der Waals surface area contributed by atoms with E-state index >= 15 is 0 Å². The average Bonchev–Trinajstić information content (AvgIpc) is 2.77. The summed E-state index contributed by atoms with van der Waals surface area (Å²) in [5, 5.41) is 4.32. The average molecular weight is 237 g/mol. The highest BCUT2D eigenvalue weighted by atomic mass is 16.5. The molecule has 2 fully saturated rings. The van der Waals surface area contributed by atoms with Gasteiger partial charge in [-0.2, -0.15) is 5.10 Å². The molecule has 2 saturated heterocycles. The standard InChI is InChI=1S/C12H19N3O2/c13-10-8-14-15(9-10)11-1-4-17-12(7-11)2-5-16-6-3-12/h8-9,11H,1-7,13H2. The zero-order valence-corrected chi connectivity index (χ0v) is 9.97. The molecule has 1 spiro atoms. The van der Waals surface area contributed by atoms with Gasteiger partial charge in [-0.3, -0.25) is 4.68 Å². The normalized spacial score (nSPS) is 28.4. The third-order valence-electron chi connectivity index (χ3n) is 3.87. The maximum Gasteiger partial charge on any atom is 0.0746 e. The van der Waals surface area contributed by atoms with Gasteiger partial charge in [-0.1, -0.05) is 0 Å². The second-order valence-corrected chi connectivity index (χ2v) is 5.04. The molecule has 0 amide bonds. The van der Waals surface area contributed by atoms with Gasteiger partial charge in [-0.15, -0.1) is 0 Å². The van der Waals surface area contributed by atoms with E-state index in [0.29, 0.717) is 6.04 Å². The van der Waals surface area contributed by atoms with E-state index in [4.69, 9.17) is 15.2 Å². The van der Waals surface area contributed by atoms with Crippen LogP contribution in [0.1, 0.15) is 31.7 Å². The first-order valence-electron chi connectivity index (χ1n) is 6.29. The molecular formula is C12H19N3O2. The summed E-state index contributed by atoms with van der Waals surface area (Å²) >= 11 is 0. The molecule has 1 atom stereocenters. The highest BCUT2D eigenvalue weighted by molar-refractivity contribution is 5.30. The van der Waals surface area contributed by atoms with Crippen LogP contribution >= 0.6 is 0 Å². The Labute approximate surface area is 101 Å². The van der Waals surface area contributed by atoms with Crippen molar-refractivity contribution < 1.29 is 9.47 Å². The molecule has 2 aliphatic rings. The Hall–Kier alpha value is -1.07. The molecule has 1 aromatic heterocycles. The molecule has 17 heavy (non-hydrogen) atoms. The van der Waals surface area contributed by atoms with Gasteiger partial charge in [0.15, 0.2) is 0 Å². The zero-order chi connectivity index (χ0) is 11.7. The smallest absolute Gasteiger partial charge is 0.0746 e. The van der Waals surface area contributed by atoms with Crippen molar-refractivity contribution in [3.05, 3.63) is 12.4 Å².